The third-order valence-corrected chi connectivity index (χ3v) is 2.64. The van der Waals surface area contributed by atoms with Gasteiger partial charge in [0.15, 0.2) is 5.52 Å². The van der Waals surface area contributed by atoms with Crippen molar-refractivity contribution < 1.29 is 4.52 Å². The van der Waals surface area contributed by atoms with Crippen molar-refractivity contribution in [2.45, 2.75) is 6.92 Å². The van der Waals surface area contributed by atoms with Crippen LogP contribution in [0.2, 0.25) is 0 Å². The molecular formula is C10H11N4+. The first-order valence-corrected chi connectivity index (χ1v) is 4.58. The maximum atomic E-state index is 4.51. The molecule has 0 saturated heterocycles. The molecule has 3 heterocycles. The van der Waals surface area contributed by atoms with Gasteiger partial charge in [-0.1, -0.05) is 4.52 Å². The highest BCUT2D eigenvalue weighted by molar-refractivity contribution is 5.70. The predicted molar refractivity (Wildman–Crippen MR) is 52.1 cm³/mol. The molecule has 0 bridgehead atoms. The topological polar surface area (TPSA) is 26.3 Å². The minimum absolute atomic E-state index is 1.01. The van der Waals surface area contributed by atoms with E-state index < -0.39 is 0 Å². The van der Waals surface area contributed by atoms with Gasteiger partial charge >= 0.3 is 0 Å². The van der Waals surface area contributed by atoms with Crippen LogP contribution in [0.4, 0.5) is 0 Å². The standard InChI is InChI=1S/C10H11N4/c1-8-11-10-9(12(8)2)7-13-5-3-4-6-14(10)13/h3-7H,1-2H3/q+1. The Labute approximate surface area is 81.0 Å². The summed E-state index contributed by atoms with van der Waals surface area (Å²) in [4.78, 5) is 4.51. The van der Waals surface area contributed by atoms with Gasteiger partial charge in [-0.15, -0.1) is 4.52 Å². The highest BCUT2D eigenvalue weighted by Crippen LogP contribution is 2.11. The van der Waals surface area contributed by atoms with E-state index in [4.69, 9.17) is 0 Å². The number of imidazole rings is 1. The predicted octanol–water partition coefficient (Wildman–Crippen LogP) is 0.720. The Morgan fingerprint density at radius 1 is 1.36 bits per heavy atom. The molecule has 3 aromatic heterocycles. The first-order chi connectivity index (χ1) is 6.77. The van der Waals surface area contributed by atoms with Gasteiger partial charge in [0.2, 0.25) is 18.0 Å². The SMILES string of the molecule is Cc1nc2c(c[n+]3ccccn23)n1C. The lowest BCUT2D eigenvalue weighted by Gasteiger charge is -1.89. The molecule has 0 radical (unpaired) electrons. The van der Waals surface area contributed by atoms with Crippen molar-refractivity contribution in [3.63, 3.8) is 0 Å². The van der Waals surface area contributed by atoms with Crippen LogP contribution in [-0.4, -0.2) is 14.1 Å². The average Bonchev–Trinajstić information content (AvgIpc) is 2.67. The van der Waals surface area contributed by atoms with Gasteiger partial charge in [-0.25, -0.2) is 4.98 Å². The quantitative estimate of drug-likeness (QED) is 0.476. The molecule has 0 fully saturated rings. The van der Waals surface area contributed by atoms with Crippen LogP contribution >= 0.6 is 0 Å². The summed E-state index contributed by atoms with van der Waals surface area (Å²) in [5.41, 5.74) is 2.16. The molecule has 0 unspecified atom stereocenters. The van der Waals surface area contributed by atoms with Gasteiger partial charge in [-0.05, 0) is 13.0 Å². The largest absolute Gasteiger partial charge is 0.325 e. The average molecular weight is 187 g/mol. The fraction of sp³-hybridized carbons (Fsp3) is 0.200. The molecule has 4 heteroatoms. The fourth-order valence-corrected chi connectivity index (χ4v) is 1.75. The molecule has 4 nitrogen and oxygen atoms in total. The molecule has 0 aromatic carbocycles. The summed E-state index contributed by atoms with van der Waals surface area (Å²) in [6, 6.07) is 4.01. The molecule has 14 heavy (non-hydrogen) atoms. The normalized spacial score (nSPS) is 11.6. The van der Waals surface area contributed by atoms with Crippen molar-refractivity contribution in [3.05, 3.63) is 36.5 Å². The lowest BCUT2D eigenvalue weighted by molar-refractivity contribution is -0.615. The van der Waals surface area contributed by atoms with Gasteiger partial charge < -0.3 is 4.57 Å². The first kappa shape index (κ1) is 7.55. The third kappa shape index (κ3) is 0.775. The van der Waals surface area contributed by atoms with E-state index in [-0.39, 0.29) is 0 Å². The van der Waals surface area contributed by atoms with Gasteiger partial charge in [-0.2, -0.15) is 0 Å². The number of rotatable bonds is 0. The van der Waals surface area contributed by atoms with E-state index in [2.05, 4.69) is 15.7 Å². The van der Waals surface area contributed by atoms with Crippen molar-refractivity contribution in [3.8, 4) is 0 Å². The van der Waals surface area contributed by atoms with Crippen molar-refractivity contribution >= 4 is 11.2 Å². The maximum absolute atomic E-state index is 4.51. The zero-order valence-corrected chi connectivity index (χ0v) is 8.18. The summed E-state index contributed by atoms with van der Waals surface area (Å²) in [6.45, 7) is 2.01. The minimum atomic E-state index is 1.01. The number of aromatic nitrogens is 4. The van der Waals surface area contributed by atoms with E-state index in [1.807, 2.05) is 47.5 Å². The molecule has 0 aliphatic rings. The Morgan fingerprint density at radius 2 is 2.21 bits per heavy atom. The van der Waals surface area contributed by atoms with Crippen LogP contribution in [0.3, 0.4) is 0 Å². The molecule has 0 atom stereocenters. The Balaban J connectivity index is 2.60. The summed E-state index contributed by atoms with van der Waals surface area (Å²) in [7, 11) is 2.03. The van der Waals surface area contributed by atoms with E-state index in [0.717, 1.165) is 17.0 Å². The number of fused-ring (bicyclic) bond motifs is 3. The van der Waals surface area contributed by atoms with E-state index in [1.54, 1.807) is 0 Å². The van der Waals surface area contributed by atoms with Crippen molar-refractivity contribution in [1.82, 2.24) is 14.1 Å². The lowest BCUT2D eigenvalue weighted by Crippen LogP contribution is -2.25. The van der Waals surface area contributed by atoms with E-state index in [9.17, 15) is 0 Å². The second-order valence-electron chi connectivity index (χ2n) is 3.46. The molecule has 3 aromatic rings. The van der Waals surface area contributed by atoms with E-state index >= 15 is 0 Å². The number of hydrogen-bond acceptors (Lipinski definition) is 1. The van der Waals surface area contributed by atoms with Gasteiger partial charge in [0.25, 0.3) is 0 Å². The summed E-state index contributed by atoms with van der Waals surface area (Å²) < 4.78 is 6.15. The monoisotopic (exact) mass is 187 g/mol. The van der Waals surface area contributed by atoms with Crippen molar-refractivity contribution in [2.75, 3.05) is 0 Å². The van der Waals surface area contributed by atoms with Crippen LogP contribution in [0.1, 0.15) is 5.82 Å². The summed E-state index contributed by atoms with van der Waals surface area (Å²) in [5, 5.41) is 0. The zero-order valence-electron chi connectivity index (χ0n) is 8.18. The van der Waals surface area contributed by atoms with E-state index in [1.165, 1.54) is 0 Å². The van der Waals surface area contributed by atoms with Gasteiger partial charge in [-0.3, -0.25) is 0 Å². The second kappa shape index (κ2) is 2.35. The summed E-state index contributed by atoms with van der Waals surface area (Å²) >= 11 is 0. The smallest absolute Gasteiger partial charge is 0.228 e. The lowest BCUT2D eigenvalue weighted by atomic mass is 10.6. The number of nitrogens with zero attached hydrogens (tertiary/aromatic N) is 4. The number of hydrogen-bond donors (Lipinski definition) is 0. The summed E-state index contributed by atoms with van der Waals surface area (Å²) in [5.74, 6) is 1.04. The third-order valence-electron chi connectivity index (χ3n) is 2.64. The summed E-state index contributed by atoms with van der Waals surface area (Å²) in [6.07, 6.45) is 6.10. The van der Waals surface area contributed by atoms with Gasteiger partial charge in [0, 0.05) is 13.1 Å². The molecular weight excluding hydrogens is 176 g/mol. The highest BCUT2D eigenvalue weighted by atomic mass is 15.3. The first-order valence-electron chi connectivity index (χ1n) is 4.58. The Morgan fingerprint density at radius 3 is 3.07 bits per heavy atom. The van der Waals surface area contributed by atoms with Crippen molar-refractivity contribution in [1.29, 1.82) is 0 Å². The van der Waals surface area contributed by atoms with Crippen LogP contribution in [0, 0.1) is 6.92 Å². The minimum Gasteiger partial charge on any atom is -0.325 e. The van der Waals surface area contributed by atoms with Gasteiger partial charge in [0.05, 0.1) is 6.20 Å². The molecule has 3 rings (SSSR count). The van der Waals surface area contributed by atoms with Crippen LogP contribution in [0.5, 0.6) is 0 Å². The number of aryl methyl sites for hydroxylation is 2. The van der Waals surface area contributed by atoms with Crippen LogP contribution in [0.25, 0.3) is 11.2 Å². The molecule has 0 aliphatic carbocycles. The molecule has 0 amide bonds. The van der Waals surface area contributed by atoms with Crippen molar-refractivity contribution in [2.24, 2.45) is 7.05 Å². The van der Waals surface area contributed by atoms with Crippen LogP contribution in [0.15, 0.2) is 30.7 Å². The Kier molecular flexibility index (Phi) is 1.27. The zero-order chi connectivity index (χ0) is 9.71. The highest BCUT2D eigenvalue weighted by Gasteiger charge is 2.14. The Hall–Kier alpha value is -1.84. The molecule has 70 valence electrons. The maximum Gasteiger partial charge on any atom is 0.228 e. The molecule has 0 spiro atoms. The second-order valence-corrected chi connectivity index (χ2v) is 3.46. The fourth-order valence-electron chi connectivity index (χ4n) is 1.75. The van der Waals surface area contributed by atoms with Crippen LogP contribution in [-0.2, 0) is 7.05 Å². The van der Waals surface area contributed by atoms with Crippen LogP contribution < -0.4 is 4.52 Å². The molecule has 0 aliphatic heterocycles. The molecule has 0 N–H and O–H groups in total. The Bertz CT molecular complexity index is 617. The van der Waals surface area contributed by atoms with Gasteiger partial charge in [0.1, 0.15) is 5.82 Å². The van der Waals surface area contributed by atoms with E-state index in [0.29, 0.717) is 0 Å². The molecule has 0 saturated carbocycles.